The number of nitro groups is 1. The molecule has 3 N–H and O–H groups in total. The number of methoxy groups -OCH3 is 1. The van der Waals surface area contributed by atoms with Gasteiger partial charge >= 0.3 is 0 Å². The van der Waals surface area contributed by atoms with Crippen molar-refractivity contribution in [3.8, 4) is 0 Å². The summed E-state index contributed by atoms with van der Waals surface area (Å²) in [4.78, 5) is 10.2. The number of nitrogen functional groups attached to an aromatic ring is 1. The molecular weight excluding hydrogens is 222 g/mol. The topological polar surface area (TPSA) is 90.4 Å². The van der Waals surface area contributed by atoms with Gasteiger partial charge in [-0.05, 0) is 18.9 Å². The molecule has 0 aromatic heterocycles. The molecule has 0 amide bonds. The number of rotatable bonds is 4. The van der Waals surface area contributed by atoms with Gasteiger partial charge in [-0.3, -0.25) is 10.1 Å². The second-order valence-electron chi connectivity index (χ2n) is 4.24. The Morgan fingerprint density at radius 1 is 1.47 bits per heavy atom. The van der Waals surface area contributed by atoms with E-state index in [1.807, 2.05) is 0 Å². The summed E-state index contributed by atoms with van der Waals surface area (Å²) in [5.41, 5.74) is 6.71. The molecule has 0 saturated heterocycles. The van der Waals surface area contributed by atoms with E-state index in [2.05, 4.69) is 5.32 Å². The van der Waals surface area contributed by atoms with Gasteiger partial charge in [0.2, 0.25) is 0 Å². The first-order chi connectivity index (χ1) is 8.08. The molecule has 92 valence electrons. The first-order valence-electron chi connectivity index (χ1n) is 5.43. The van der Waals surface area contributed by atoms with E-state index in [9.17, 15) is 10.1 Å². The molecule has 0 aliphatic heterocycles. The second kappa shape index (κ2) is 4.58. The normalized spacial score (nSPS) is 22.9. The highest BCUT2D eigenvalue weighted by molar-refractivity contribution is 5.61. The molecule has 0 unspecified atom stereocenters. The van der Waals surface area contributed by atoms with Crippen LogP contribution in [0.4, 0.5) is 17.1 Å². The van der Waals surface area contributed by atoms with E-state index in [1.54, 1.807) is 13.2 Å². The molecule has 1 saturated carbocycles. The molecule has 0 spiro atoms. The lowest BCUT2D eigenvalue weighted by atomic mass is 9.89. The number of hydrogen-bond acceptors (Lipinski definition) is 5. The molecule has 6 heteroatoms. The van der Waals surface area contributed by atoms with Gasteiger partial charge in [0.25, 0.3) is 5.69 Å². The minimum Gasteiger partial charge on any atom is -0.398 e. The van der Waals surface area contributed by atoms with Crippen LogP contribution in [0.3, 0.4) is 0 Å². The zero-order chi connectivity index (χ0) is 12.4. The van der Waals surface area contributed by atoms with Crippen LogP contribution in [0, 0.1) is 10.1 Å². The number of hydrogen-bond donors (Lipinski definition) is 2. The summed E-state index contributed by atoms with van der Waals surface area (Å²) in [5.74, 6) is 0. The lowest BCUT2D eigenvalue weighted by Crippen LogP contribution is -2.40. The maximum absolute atomic E-state index is 10.7. The number of non-ortho nitro benzene ring substituents is 1. The Morgan fingerprint density at radius 3 is 2.76 bits per heavy atom. The zero-order valence-corrected chi connectivity index (χ0v) is 9.55. The van der Waals surface area contributed by atoms with E-state index >= 15 is 0 Å². The fourth-order valence-corrected chi connectivity index (χ4v) is 1.94. The van der Waals surface area contributed by atoms with E-state index in [0.717, 1.165) is 12.8 Å². The van der Waals surface area contributed by atoms with Gasteiger partial charge in [0.1, 0.15) is 0 Å². The molecular formula is C11H15N3O3. The van der Waals surface area contributed by atoms with Gasteiger partial charge in [-0.25, -0.2) is 0 Å². The Morgan fingerprint density at radius 2 is 2.18 bits per heavy atom. The van der Waals surface area contributed by atoms with E-state index in [-0.39, 0.29) is 5.69 Å². The smallest absolute Gasteiger partial charge is 0.273 e. The van der Waals surface area contributed by atoms with Crippen molar-refractivity contribution in [1.82, 2.24) is 0 Å². The van der Waals surface area contributed by atoms with Crippen molar-refractivity contribution in [2.24, 2.45) is 0 Å². The van der Waals surface area contributed by atoms with Crippen molar-refractivity contribution in [3.05, 3.63) is 28.3 Å². The van der Waals surface area contributed by atoms with E-state index in [1.165, 1.54) is 12.1 Å². The van der Waals surface area contributed by atoms with Crippen LogP contribution in [0.2, 0.25) is 0 Å². The largest absolute Gasteiger partial charge is 0.398 e. The number of nitrogens with zero attached hydrogens (tertiary/aromatic N) is 1. The summed E-state index contributed by atoms with van der Waals surface area (Å²) in [7, 11) is 1.69. The molecule has 0 radical (unpaired) electrons. The van der Waals surface area contributed by atoms with Gasteiger partial charge in [-0.15, -0.1) is 0 Å². The van der Waals surface area contributed by atoms with Crippen molar-refractivity contribution in [1.29, 1.82) is 0 Å². The number of ether oxygens (including phenoxy) is 1. The molecule has 0 heterocycles. The summed E-state index contributed by atoms with van der Waals surface area (Å²) in [6.07, 6.45) is 2.13. The van der Waals surface area contributed by atoms with E-state index in [0.29, 0.717) is 23.5 Å². The van der Waals surface area contributed by atoms with Crippen LogP contribution in [-0.2, 0) is 4.74 Å². The first kappa shape index (κ1) is 11.7. The molecule has 6 nitrogen and oxygen atoms in total. The number of anilines is 2. The molecule has 1 aromatic rings. The summed E-state index contributed by atoms with van der Waals surface area (Å²) >= 11 is 0. The Labute approximate surface area is 98.9 Å². The molecule has 2 rings (SSSR count). The summed E-state index contributed by atoms with van der Waals surface area (Å²) in [5, 5.41) is 13.9. The number of benzene rings is 1. The minimum absolute atomic E-state index is 0.00937. The average Bonchev–Trinajstić information content (AvgIpc) is 2.21. The number of nitrogens with one attached hydrogen (secondary N) is 1. The van der Waals surface area contributed by atoms with Crippen LogP contribution in [0.25, 0.3) is 0 Å². The molecule has 1 fully saturated rings. The van der Waals surface area contributed by atoms with Crippen molar-refractivity contribution in [2.75, 3.05) is 18.2 Å². The van der Waals surface area contributed by atoms with Gasteiger partial charge in [0.05, 0.1) is 11.0 Å². The zero-order valence-electron chi connectivity index (χ0n) is 9.55. The third-order valence-electron chi connectivity index (χ3n) is 2.95. The Bertz CT molecular complexity index is 430. The molecule has 1 aromatic carbocycles. The fourth-order valence-electron chi connectivity index (χ4n) is 1.94. The van der Waals surface area contributed by atoms with Crippen LogP contribution in [-0.4, -0.2) is 24.2 Å². The molecule has 0 bridgehead atoms. The van der Waals surface area contributed by atoms with Gasteiger partial charge in [-0.1, -0.05) is 0 Å². The fraction of sp³-hybridized carbons (Fsp3) is 0.455. The van der Waals surface area contributed by atoms with Crippen molar-refractivity contribution in [2.45, 2.75) is 25.0 Å². The highest BCUT2D eigenvalue weighted by Gasteiger charge is 2.29. The van der Waals surface area contributed by atoms with E-state index < -0.39 is 4.92 Å². The Kier molecular flexibility index (Phi) is 3.14. The molecule has 1 aliphatic rings. The Balaban J connectivity index is 2.04. The highest BCUT2D eigenvalue weighted by atomic mass is 16.6. The summed E-state index contributed by atoms with van der Waals surface area (Å²) < 4.78 is 5.17. The highest BCUT2D eigenvalue weighted by Crippen LogP contribution is 2.29. The van der Waals surface area contributed by atoms with Crippen molar-refractivity contribution in [3.63, 3.8) is 0 Å². The third-order valence-corrected chi connectivity index (χ3v) is 2.95. The van der Waals surface area contributed by atoms with E-state index in [4.69, 9.17) is 10.5 Å². The minimum atomic E-state index is -0.444. The second-order valence-corrected chi connectivity index (χ2v) is 4.24. The van der Waals surface area contributed by atoms with Crippen LogP contribution in [0.15, 0.2) is 18.2 Å². The predicted octanol–water partition coefficient (Wildman–Crippen LogP) is 1.77. The number of nitro benzene ring substituents is 1. The van der Waals surface area contributed by atoms with Crippen LogP contribution in [0.1, 0.15) is 12.8 Å². The lowest BCUT2D eigenvalue weighted by Gasteiger charge is -2.35. The van der Waals surface area contributed by atoms with Crippen molar-refractivity contribution < 1.29 is 9.66 Å². The third kappa shape index (κ3) is 2.65. The molecule has 17 heavy (non-hydrogen) atoms. The van der Waals surface area contributed by atoms with Gasteiger partial charge < -0.3 is 15.8 Å². The van der Waals surface area contributed by atoms with Crippen molar-refractivity contribution >= 4 is 17.1 Å². The van der Waals surface area contributed by atoms with Crippen LogP contribution < -0.4 is 11.1 Å². The Hall–Kier alpha value is -1.82. The SMILES string of the molecule is COC1CC(Nc2cc(N)cc([N+](=O)[O-])c2)C1. The predicted molar refractivity (Wildman–Crippen MR) is 65.0 cm³/mol. The summed E-state index contributed by atoms with van der Waals surface area (Å²) in [6, 6.07) is 4.86. The number of nitrogens with two attached hydrogens (primary N) is 1. The standard InChI is InChI=1S/C11H15N3O3/c1-17-11-5-9(6-11)13-8-2-7(12)3-10(4-8)14(15)16/h2-4,9,11,13H,5-6,12H2,1H3. The van der Waals surface area contributed by atoms with Gasteiger partial charge in [0, 0.05) is 36.7 Å². The lowest BCUT2D eigenvalue weighted by molar-refractivity contribution is -0.384. The first-order valence-corrected chi connectivity index (χ1v) is 5.43. The maximum Gasteiger partial charge on any atom is 0.273 e. The quantitative estimate of drug-likeness (QED) is 0.473. The van der Waals surface area contributed by atoms with Crippen LogP contribution >= 0.6 is 0 Å². The van der Waals surface area contributed by atoms with Crippen LogP contribution in [0.5, 0.6) is 0 Å². The maximum atomic E-state index is 10.7. The molecule has 1 aliphatic carbocycles. The van der Waals surface area contributed by atoms with Gasteiger partial charge in [0.15, 0.2) is 0 Å². The molecule has 0 atom stereocenters. The average molecular weight is 237 g/mol. The summed E-state index contributed by atoms with van der Waals surface area (Å²) in [6.45, 7) is 0. The van der Waals surface area contributed by atoms with Gasteiger partial charge in [-0.2, -0.15) is 0 Å². The monoisotopic (exact) mass is 237 g/mol.